The molecule has 1 amide bonds. The summed E-state index contributed by atoms with van der Waals surface area (Å²) in [5.74, 6) is -0.588. The summed E-state index contributed by atoms with van der Waals surface area (Å²) in [6.45, 7) is 5.06. The number of nitrogens with zero attached hydrogens (tertiary/aromatic N) is 4. The molecule has 0 atom stereocenters. The van der Waals surface area contributed by atoms with E-state index in [1.54, 1.807) is 30.3 Å². The van der Waals surface area contributed by atoms with E-state index in [0.717, 1.165) is 32.4 Å². The average molecular weight is 676 g/mol. The quantitative estimate of drug-likeness (QED) is 0.168. The van der Waals surface area contributed by atoms with Gasteiger partial charge in [-0.15, -0.1) is 0 Å². The largest absolute Gasteiger partial charge is 0.421 e. The van der Waals surface area contributed by atoms with Gasteiger partial charge in [-0.05, 0) is 74.9 Å². The monoisotopic (exact) mass is 675 g/mol. The fraction of sp³-hybridized carbons (Fsp3) is 0.485. The molecule has 1 aliphatic rings. The zero-order chi connectivity index (χ0) is 33.9. The van der Waals surface area contributed by atoms with Crippen LogP contribution in [0.3, 0.4) is 0 Å². The molecule has 14 heteroatoms. The van der Waals surface area contributed by atoms with Crippen molar-refractivity contribution in [2.45, 2.75) is 56.1 Å². The average Bonchev–Trinajstić information content (AvgIpc) is 3.04. The number of nitrogens with one attached hydrogen (secondary N) is 3. The number of aromatic nitrogens is 2. The number of carbonyl (C=O) groups excluding carboxylic acids is 1. The van der Waals surface area contributed by atoms with Crippen LogP contribution in [0.2, 0.25) is 0 Å². The van der Waals surface area contributed by atoms with Gasteiger partial charge < -0.3 is 20.9 Å². The second kappa shape index (κ2) is 16.9. The Hall–Kier alpha value is -3.75. The molecule has 0 bridgehead atoms. The minimum absolute atomic E-state index is 0.0602. The van der Waals surface area contributed by atoms with Gasteiger partial charge in [-0.3, -0.25) is 9.69 Å². The molecule has 47 heavy (non-hydrogen) atoms. The third kappa shape index (κ3) is 11.2. The number of halogens is 3. The zero-order valence-corrected chi connectivity index (χ0v) is 27.8. The number of carbonyl (C=O) groups is 1. The Kier molecular flexibility index (Phi) is 13.0. The molecular weight excluding hydrogens is 631 g/mol. The standard InChI is InChI=1S/C33H44F3N7O3S/c1-37-16-7-5-3-4-6-8-17-42-18-20-43(21-19-42)31(44)26-12-14-27(15-13-26)40-32-39-24-29(33(34,35)36)30(41-32)38-23-25-10-9-11-28(22-25)47(2,45)46/h9-15,22,24,37H,3-8,16-21,23H2,1-2H3,(H2,38,39,40,41). The van der Waals surface area contributed by atoms with Crippen LogP contribution in [0, 0.1) is 0 Å². The molecule has 2 heterocycles. The summed E-state index contributed by atoms with van der Waals surface area (Å²) in [6, 6.07) is 12.6. The molecule has 1 fully saturated rings. The predicted octanol–water partition coefficient (Wildman–Crippen LogP) is 5.57. The third-order valence-corrected chi connectivity index (χ3v) is 9.19. The van der Waals surface area contributed by atoms with Crippen LogP contribution >= 0.6 is 0 Å². The Morgan fingerprint density at radius 3 is 2.28 bits per heavy atom. The molecule has 10 nitrogen and oxygen atoms in total. The van der Waals surface area contributed by atoms with Crippen LogP contribution in [0.25, 0.3) is 0 Å². The SMILES string of the molecule is CNCCCCCCCCN1CCN(C(=O)c2ccc(Nc3ncc(C(F)(F)F)c(NCc4cccc(S(C)(=O)=O)c4)n3)cc2)CC1. The van der Waals surface area contributed by atoms with E-state index in [-0.39, 0.29) is 23.3 Å². The van der Waals surface area contributed by atoms with Crippen molar-refractivity contribution >= 4 is 33.2 Å². The summed E-state index contributed by atoms with van der Waals surface area (Å²) < 4.78 is 64.9. The van der Waals surface area contributed by atoms with E-state index in [9.17, 15) is 26.4 Å². The van der Waals surface area contributed by atoms with Crippen molar-refractivity contribution in [2.75, 3.05) is 63.2 Å². The molecule has 0 aliphatic carbocycles. The van der Waals surface area contributed by atoms with Gasteiger partial charge in [0.25, 0.3) is 5.91 Å². The first-order valence-electron chi connectivity index (χ1n) is 15.9. The number of unbranched alkanes of at least 4 members (excludes halogenated alkanes) is 5. The van der Waals surface area contributed by atoms with Crippen molar-refractivity contribution in [3.05, 3.63) is 71.4 Å². The maximum absolute atomic E-state index is 13.7. The Morgan fingerprint density at radius 2 is 1.62 bits per heavy atom. The number of benzene rings is 2. The van der Waals surface area contributed by atoms with Gasteiger partial charge in [0, 0.05) is 56.4 Å². The Labute approximate surface area is 275 Å². The van der Waals surface area contributed by atoms with E-state index in [2.05, 4.69) is 30.8 Å². The Morgan fingerprint density at radius 1 is 0.936 bits per heavy atom. The van der Waals surface area contributed by atoms with E-state index >= 15 is 0 Å². The third-order valence-electron chi connectivity index (χ3n) is 8.08. The first kappa shape index (κ1) is 36.1. The normalized spacial score (nSPS) is 14.3. The van der Waals surface area contributed by atoms with Gasteiger partial charge in [0.1, 0.15) is 11.4 Å². The first-order valence-corrected chi connectivity index (χ1v) is 17.8. The molecule has 3 aromatic rings. The number of hydrogen-bond donors (Lipinski definition) is 3. The van der Waals surface area contributed by atoms with Crippen molar-refractivity contribution in [2.24, 2.45) is 0 Å². The molecule has 0 spiro atoms. The van der Waals surface area contributed by atoms with Gasteiger partial charge in [-0.1, -0.05) is 37.8 Å². The summed E-state index contributed by atoms with van der Waals surface area (Å²) in [5.41, 5.74) is 0.436. The van der Waals surface area contributed by atoms with Crippen molar-refractivity contribution in [1.82, 2.24) is 25.1 Å². The van der Waals surface area contributed by atoms with Crippen LogP contribution in [0.4, 0.5) is 30.6 Å². The first-order chi connectivity index (χ1) is 22.4. The highest BCUT2D eigenvalue weighted by Crippen LogP contribution is 2.34. The molecule has 0 unspecified atom stereocenters. The molecular formula is C33H44F3N7O3S. The van der Waals surface area contributed by atoms with Gasteiger partial charge >= 0.3 is 6.18 Å². The van der Waals surface area contributed by atoms with Crippen molar-refractivity contribution in [3.63, 3.8) is 0 Å². The van der Waals surface area contributed by atoms with Crippen LogP contribution in [-0.4, -0.2) is 86.7 Å². The number of piperazine rings is 1. The highest BCUT2D eigenvalue weighted by molar-refractivity contribution is 7.90. The second-order valence-electron chi connectivity index (χ2n) is 11.8. The van der Waals surface area contributed by atoms with Crippen LogP contribution in [0.1, 0.15) is 60.0 Å². The van der Waals surface area contributed by atoms with Crippen molar-refractivity contribution < 1.29 is 26.4 Å². The highest BCUT2D eigenvalue weighted by Gasteiger charge is 2.35. The molecule has 3 N–H and O–H groups in total. The highest BCUT2D eigenvalue weighted by atomic mass is 32.2. The fourth-order valence-electron chi connectivity index (χ4n) is 5.38. The summed E-state index contributed by atoms with van der Waals surface area (Å²) in [6.07, 6.45) is 4.48. The lowest BCUT2D eigenvalue weighted by molar-refractivity contribution is -0.137. The topological polar surface area (TPSA) is 120 Å². The number of rotatable bonds is 16. The van der Waals surface area contributed by atoms with Crippen LogP contribution < -0.4 is 16.0 Å². The van der Waals surface area contributed by atoms with Crippen LogP contribution in [0.5, 0.6) is 0 Å². The summed E-state index contributed by atoms with van der Waals surface area (Å²) >= 11 is 0. The smallest absolute Gasteiger partial charge is 0.365 e. The lowest BCUT2D eigenvalue weighted by atomic mass is 10.1. The summed E-state index contributed by atoms with van der Waals surface area (Å²) in [7, 11) is -1.49. The predicted molar refractivity (Wildman–Crippen MR) is 178 cm³/mol. The maximum Gasteiger partial charge on any atom is 0.421 e. The molecule has 2 aromatic carbocycles. The van der Waals surface area contributed by atoms with Gasteiger partial charge in [0.15, 0.2) is 9.84 Å². The minimum Gasteiger partial charge on any atom is -0.365 e. The van der Waals surface area contributed by atoms with E-state index in [1.165, 1.54) is 56.7 Å². The zero-order valence-electron chi connectivity index (χ0n) is 26.9. The lowest BCUT2D eigenvalue weighted by Crippen LogP contribution is -2.48. The summed E-state index contributed by atoms with van der Waals surface area (Å²) in [4.78, 5) is 25.4. The molecule has 1 aromatic heterocycles. The summed E-state index contributed by atoms with van der Waals surface area (Å²) in [5, 5.41) is 8.75. The molecule has 1 aliphatic heterocycles. The van der Waals surface area contributed by atoms with Crippen molar-refractivity contribution in [1.29, 1.82) is 0 Å². The van der Waals surface area contributed by atoms with E-state index in [1.807, 2.05) is 11.9 Å². The van der Waals surface area contributed by atoms with E-state index in [0.29, 0.717) is 36.1 Å². The van der Waals surface area contributed by atoms with Crippen LogP contribution in [-0.2, 0) is 22.6 Å². The molecule has 256 valence electrons. The van der Waals surface area contributed by atoms with E-state index in [4.69, 9.17) is 0 Å². The molecule has 4 rings (SSSR count). The maximum atomic E-state index is 13.7. The number of anilines is 3. The molecule has 0 saturated carbocycles. The van der Waals surface area contributed by atoms with Crippen LogP contribution in [0.15, 0.2) is 59.6 Å². The second-order valence-corrected chi connectivity index (χ2v) is 13.8. The van der Waals surface area contributed by atoms with Crippen molar-refractivity contribution in [3.8, 4) is 0 Å². The number of hydrogen-bond acceptors (Lipinski definition) is 9. The minimum atomic E-state index is -4.71. The fourth-order valence-corrected chi connectivity index (χ4v) is 6.07. The number of amides is 1. The Balaban J connectivity index is 1.29. The van der Waals surface area contributed by atoms with Gasteiger partial charge in [-0.25, -0.2) is 13.4 Å². The van der Waals surface area contributed by atoms with Gasteiger partial charge in [0.05, 0.1) is 4.90 Å². The molecule has 0 radical (unpaired) electrons. The van der Waals surface area contributed by atoms with Gasteiger partial charge in [-0.2, -0.15) is 18.2 Å². The number of sulfone groups is 1. The Bertz CT molecular complexity index is 1560. The number of alkyl halides is 3. The van der Waals surface area contributed by atoms with Gasteiger partial charge in [0.2, 0.25) is 5.95 Å². The van der Waals surface area contributed by atoms with E-state index < -0.39 is 27.4 Å². The molecule has 1 saturated heterocycles. The lowest BCUT2D eigenvalue weighted by Gasteiger charge is -2.34.